The largest absolute Gasteiger partial charge is 0.345 e. The molecule has 1 atom stereocenters. The molecule has 5 heteroatoms. The summed E-state index contributed by atoms with van der Waals surface area (Å²) < 4.78 is 0. The molecule has 3 nitrogen and oxygen atoms in total. The molecular weight excluding hydrogens is 221 g/mol. The Bertz CT molecular complexity index is 260. The molecule has 0 bridgehead atoms. The molecule has 1 saturated heterocycles. The van der Waals surface area contributed by atoms with Crippen LogP contribution in [0.4, 0.5) is 0 Å². The van der Waals surface area contributed by atoms with Crippen molar-refractivity contribution in [1.29, 1.82) is 0 Å². The van der Waals surface area contributed by atoms with Crippen LogP contribution in [0.1, 0.15) is 36.1 Å². The highest BCUT2D eigenvalue weighted by atomic mass is 35.5. The quantitative estimate of drug-likeness (QED) is 0.788. The van der Waals surface area contributed by atoms with Gasteiger partial charge in [0.1, 0.15) is 5.82 Å². The zero-order valence-electron chi connectivity index (χ0n) is 8.46. The third-order valence-electron chi connectivity index (χ3n) is 2.54. The Morgan fingerprint density at radius 1 is 1.29 bits per heavy atom. The minimum atomic E-state index is 0. The minimum absolute atomic E-state index is 0. The van der Waals surface area contributed by atoms with E-state index >= 15 is 0 Å². The zero-order valence-corrected chi connectivity index (χ0v) is 10.1. The minimum Gasteiger partial charge on any atom is -0.345 e. The topological polar surface area (TPSA) is 40.7 Å². The average molecular weight is 238 g/mol. The summed E-state index contributed by atoms with van der Waals surface area (Å²) in [6.07, 6.45) is 2.48. The van der Waals surface area contributed by atoms with E-state index in [0.29, 0.717) is 6.04 Å². The maximum atomic E-state index is 4.47. The Hall–Kier alpha value is -0.250. The number of imidazole rings is 1. The summed E-state index contributed by atoms with van der Waals surface area (Å²) in [7, 11) is 0. The van der Waals surface area contributed by atoms with Crippen LogP contribution in [0.15, 0.2) is 0 Å². The van der Waals surface area contributed by atoms with Crippen LogP contribution in [0.5, 0.6) is 0 Å². The van der Waals surface area contributed by atoms with Gasteiger partial charge in [-0.05, 0) is 33.2 Å². The number of aryl methyl sites for hydroxylation is 2. The molecule has 1 aromatic rings. The maximum Gasteiger partial charge on any atom is 0.123 e. The Morgan fingerprint density at radius 3 is 2.43 bits per heavy atom. The Kier molecular flexibility index (Phi) is 5.49. The molecule has 1 aliphatic rings. The predicted molar refractivity (Wildman–Crippen MR) is 62.5 cm³/mol. The van der Waals surface area contributed by atoms with Crippen molar-refractivity contribution in [2.45, 2.75) is 32.7 Å². The van der Waals surface area contributed by atoms with Crippen LogP contribution in [0, 0.1) is 13.8 Å². The van der Waals surface area contributed by atoms with E-state index in [1.807, 2.05) is 6.92 Å². The summed E-state index contributed by atoms with van der Waals surface area (Å²) in [6, 6.07) is 0.470. The predicted octanol–water partition coefficient (Wildman–Crippen LogP) is 2.29. The molecule has 0 radical (unpaired) electrons. The highest BCUT2D eigenvalue weighted by Crippen LogP contribution is 2.20. The van der Waals surface area contributed by atoms with E-state index in [2.05, 4.69) is 22.2 Å². The van der Waals surface area contributed by atoms with E-state index < -0.39 is 0 Å². The number of aromatic amines is 1. The number of hydrogen-bond acceptors (Lipinski definition) is 2. The first-order chi connectivity index (χ1) is 5.77. The molecule has 0 aromatic carbocycles. The van der Waals surface area contributed by atoms with Crippen molar-refractivity contribution >= 4 is 24.8 Å². The first-order valence-electron chi connectivity index (χ1n) is 4.54. The van der Waals surface area contributed by atoms with Gasteiger partial charge in [0.2, 0.25) is 0 Å². The third-order valence-corrected chi connectivity index (χ3v) is 2.54. The van der Waals surface area contributed by atoms with Gasteiger partial charge in [0, 0.05) is 5.69 Å². The number of nitrogens with zero attached hydrogens (tertiary/aromatic N) is 1. The Morgan fingerprint density at radius 2 is 2.00 bits per heavy atom. The number of hydrogen-bond donors (Lipinski definition) is 2. The number of halogens is 2. The van der Waals surface area contributed by atoms with Gasteiger partial charge in [0.25, 0.3) is 0 Å². The molecule has 1 fully saturated rings. The van der Waals surface area contributed by atoms with E-state index in [1.54, 1.807) is 0 Å². The van der Waals surface area contributed by atoms with Crippen molar-refractivity contribution in [2.75, 3.05) is 6.54 Å². The Balaban J connectivity index is 0.000000845. The van der Waals surface area contributed by atoms with Gasteiger partial charge in [0.05, 0.1) is 11.7 Å². The molecule has 0 amide bonds. The summed E-state index contributed by atoms with van der Waals surface area (Å²) in [6.45, 7) is 5.24. The summed E-state index contributed by atoms with van der Waals surface area (Å²) in [5, 5.41) is 3.42. The van der Waals surface area contributed by atoms with E-state index in [4.69, 9.17) is 0 Å². The highest BCUT2D eigenvalue weighted by molar-refractivity contribution is 5.85. The number of nitrogens with one attached hydrogen (secondary N) is 2. The van der Waals surface area contributed by atoms with Crippen molar-refractivity contribution in [1.82, 2.24) is 15.3 Å². The van der Waals surface area contributed by atoms with Gasteiger partial charge in [-0.2, -0.15) is 0 Å². The maximum absolute atomic E-state index is 4.47. The second kappa shape index (κ2) is 5.59. The monoisotopic (exact) mass is 237 g/mol. The van der Waals surface area contributed by atoms with Crippen molar-refractivity contribution in [3.8, 4) is 0 Å². The third kappa shape index (κ3) is 2.62. The van der Waals surface area contributed by atoms with E-state index in [1.165, 1.54) is 18.5 Å². The van der Waals surface area contributed by atoms with Gasteiger partial charge in [-0.25, -0.2) is 4.98 Å². The van der Waals surface area contributed by atoms with Gasteiger partial charge in [0.15, 0.2) is 0 Å². The standard InChI is InChI=1S/C9H15N3.2ClH/c1-6-7(2)12-9(11-6)8-4-3-5-10-8;;/h8,10H,3-5H2,1-2H3,(H,11,12);2*1H. The molecule has 1 aliphatic heterocycles. The van der Waals surface area contributed by atoms with Crippen molar-refractivity contribution in [3.63, 3.8) is 0 Å². The van der Waals surface area contributed by atoms with Crippen molar-refractivity contribution in [2.24, 2.45) is 0 Å². The zero-order chi connectivity index (χ0) is 8.55. The molecule has 1 unspecified atom stereocenters. The van der Waals surface area contributed by atoms with Crippen LogP contribution in [0.25, 0.3) is 0 Å². The second-order valence-electron chi connectivity index (χ2n) is 3.48. The van der Waals surface area contributed by atoms with Gasteiger partial charge in [-0.3, -0.25) is 0 Å². The lowest BCUT2D eigenvalue weighted by Gasteiger charge is -2.04. The lowest BCUT2D eigenvalue weighted by Crippen LogP contribution is -2.14. The Labute approximate surface area is 96.9 Å². The molecule has 2 heterocycles. The van der Waals surface area contributed by atoms with Gasteiger partial charge in [-0.15, -0.1) is 24.8 Å². The molecule has 2 rings (SSSR count). The summed E-state index contributed by atoms with van der Waals surface area (Å²) in [5.41, 5.74) is 2.32. The van der Waals surface area contributed by atoms with Gasteiger partial charge < -0.3 is 10.3 Å². The number of rotatable bonds is 1. The van der Waals surface area contributed by atoms with Gasteiger partial charge in [-0.1, -0.05) is 0 Å². The SMILES string of the molecule is Cc1nc(C2CCCN2)[nH]c1C.Cl.Cl. The van der Waals surface area contributed by atoms with E-state index in [-0.39, 0.29) is 24.8 Å². The fraction of sp³-hybridized carbons (Fsp3) is 0.667. The molecule has 0 spiro atoms. The highest BCUT2D eigenvalue weighted by Gasteiger charge is 2.19. The van der Waals surface area contributed by atoms with Gasteiger partial charge >= 0.3 is 0 Å². The van der Waals surface area contributed by atoms with Crippen LogP contribution in [-0.4, -0.2) is 16.5 Å². The summed E-state index contributed by atoms with van der Waals surface area (Å²) in [4.78, 5) is 7.79. The smallest absolute Gasteiger partial charge is 0.123 e. The summed E-state index contributed by atoms with van der Waals surface area (Å²) >= 11 is 0. The first-order valence-corrected chi connectivity index (χ1v) is 4.54. The fourth-order valence-electron chi connectivity index (χ4n) is 1.66. The molecule has 1 aromatic heterocycles. The molecular formula is C9H17Cl2N3. The van der Waals surface area contributed by atoms with E-state index in [9.17, 15) is 0 Å². The lowest BCUT2D eigenvalue weighted by molar-refractivity contribution is 0.611. The van der Waals surface area contributed by atoms with Crippen LogP contribution in [-0.2, 0) is 0 Å². The fourth-order valence-corrected chi connectivity index (χ4v) is 1.66. The van der Waals surface area contributed by atoms with Crippen LogP contribution >= 0.6 is 24.8 Å². The average Bonchev–Trinajstić information content (AvgIpc) is 2.61. The van der Waals surface area contributed by atoms with Crippen molar-refractivity contribution < 1.29 is 0 Å². The first kappa shape index (κ1) is 13.8. The van der Waals surface area contributed by atoms with Crippen LogP contribution in [0.2, 0.25) is 0 Å². The lowest BCUT2D eigenvalue weighted by atomic mass is 10.2. The van der Waals surface area contributed by atoms with Crippen molar-refractivity contribution in [3.05, 3.63) is 17.2 Å². The van der Waals surface area contributed by atoms with Crippen LogP contribution < -0.4 is 5.32 Å². The summed E-state index contributed by atoms with van der Waals surface area (Å²) in [5.74, 6) is 1.11. The van der Waals surface area contributed by atoms with E-state index in [0.717, 1.165) is 18.1 Å². The van der Waals surface area contributed by atoms with Crippen LogP contribution in [0.3, 0.4) is 0 Å². The second-order valence-corrected chi connectivity index (χ2v) is 3.48. The molecule has 0 aliphatic carbocycles. The number of H-pyrrole nitrogens is 1. The molecule has 0 saturated carbocycles. The molecule has 2 N–H and O–H groups in total. The molecule has 14 heavy (non-hydrogen) atoms. The normalized spacial score (nSPS) is 20.0. The number of aromatic nitrogens is 2. The molecule has 82 valence electrons.